The number of sulfonamides is 1. The lowest BCUT2D eigenvalue weighted by atomic mass is 10.2. The van der Waals surface area contributed by atoms with Crippen molar-refractivity contribution >= 4 is 44.8 Å². The highest BCUT2D eigenvalue weighted by molar-refractivity contribution is 7.89. The normalized spacial score (nSPS) is 18.6. The summed E-state index contributed by atoms with van der Waals surface area (Å²) in [6.45, 7) is 0.0899. The van der Waals surface area contributed by atoms with Crippen molar-refractivity contribution in [3.63, 3.8) is 0 Å². The predicted molar refractivity (Wildman–Crippen MR) is 114 cm³/mol. The Kier molecular flexibility index (Phi) is 5.78. The number of amides is 2. The van der Waals surface area contributed by atoms with Gasteiger partial charge in [-0.2, -0.15) is 4.31 Å². The number of fused-ring (bicyclic) bond motifs is 1. The minimum atomic E-state index is -3.98. The van der Waals surface area contributed by atoms with E-state index < -0.39 is 22.0 Å². The number of hydrogen-bond donors (Lipinski definition) is 2. The van der Waals surface area contributed by atoms with E-state index in [2.05, 4.69) is 10.6 Å². The van der Waals surface area contributed by atoms with Crippen LogP contribution in [-0.2, 0) is 19.6 Å². The number of rotatable bonds is 5. The first-order valence-corrected chi connectivity index (χ1v) is 11.3. The molecule has 0 aliphatic carbocycles. The average molecular weight is 466 g/mol. The Bertz CT molecular complexity index is 1150. The Labute approximate surface area is 184 Å². The van der Waals surface area contributed by atoms with Crippen LogP contribution in [0.3, 0.4) is 0 Å². The van der Waals surface area contributed by atoms with Gasteiger partial charge in [-0.05, 0) is 49.2 Å². The van der Waals surface area contributed by atoms with Crippen molar-refractivity contribution in [2.45, 2.75) is 23.8 Å². The second-order valence-electron chi connectivity index (χ2n) is 7.11. The highest BCUT2D eigenvalue weighted by Crippen LogP contribution is 2.34. The summed E-state index contributed by atoms with van der Waals surface area (Å²) in [5.74, 6) is 0.0504. The number of anilines is 2. The molecule has 2 aromatic rings. The molecule has 9 nitrogen and oxygen atoms in total. The Hall–Kier alpha value is -2.82. The molecular formula is C20H20ClN3O6S. The number of hydrogen-bond acceptors (Lipinski definition) is 6. The van der Waals surface area contributed by atoms with Gasteiger partial charge >= 0.3 is 0 Å². The Balaban J connectivity index is 1.56. The zero-order valence-corrected chi connectivity index (χ0v) is 18.1. The van der Waals surface area contributed by atoms with Crippen LogP contribution in [0.15, 0.2) is 41.3 Å². The minimum absolute atomic E-state index is 0.0239. The Morgan fingerprint density at radius 3 is 2.84 bits per heavy atom. The van der Waals surface area contributed by atoms with Gasteiger partial charge in [-0.1, -0.05) is 11.6 Å². The van der Waals surface area contributed by atoms with E-state index in [1.807, 2.05) is 0 Å². The lowest BCUT2D eigenvalue weighted by molar-refractivity contribution is -0.119. The predicted octanol–water partition coefficient (Wildman–Crippen LogP) is 2.47. The minimum Gasteiger partial charge on any atom is -0.495 e. The lowest BCUT2D eigenvalue weighted by Gasteiger charge is -2.24. The number of carbonyl (C=O) groups excluding carboxylic acids is 2. The molecule has 0 aromatic heterocycles. The standard InChI is InChI=1S/C20H20ClN3O6S/c1-29-17-6-4-12(9-14(17)21)22-20(26)16-3-2-8-24(16)31(27,28)13-5-7-18-15(10-13)23-19(25)11-30-18/h4-7,9-10,16H,2-3,8,11H2,1H3,(H,22,26)(H,23,25)/t16-/m1/s1. The molecule has 2 N–H and O–H groups in total. The zero-order valence-electron chi connectivity index (χ0n) is 16.6. The summed E-state index contributed by atoms with van der Waals surface area (Å²) in [4.78, 5) is 24.4. The first kappa shape index (κ1) is 21.4. The third kappa shape index (κ3) is 4.18. The Morgan fingerprint density at radius 2 is 2.10 bits per heavy atom. The van der Waals surface area contributed by atoms with Crippen LogP contribution in [0.1, 0.15) is 12.8 Å². The van der Waals surface area contributed by atoms with Gasteiger partial charge in [0, 0.05) is 12.2 Å². The lowest BCUT2D eigenvalue weighted by Crippen LogP contribution is -2.43. The summed E-state index contributed by atoms with van der Waals surface area (Å²) in [7, 11) is -2.49. The van der Waals surface area contributed by atoms with Crippen molar-refractivity contribution in [1.82, 2.24) is 4.31 Å². The molecule has 11 heteroatoms. The van der Waals surface area contributed by atoms with Crippen molar-refractivity contribution in [3.8, 4) is 11.5 Å². The molecule has 2 heterocycles. The van der Waals surface area contributed by atoms with Gasteiger partial charge < -0.3 is 20.1 Å². The molecule has 164 valence electrons. The summed E-state index contributed by atoms with van der Waals surface area (Å²) in [6.07, 6.45) is 0.936. The van der Waals surface area contributed by atoms with Crippen LogP contribution in [0.4, 0.5) is 11.4 Å². The molecule has 1 fully saturated rings. The number of nitrogens with zero attached hydrogens (tertiary/aromatic N) is 1. The molecular weight excluding hydrogens is 446 g/mol. The zero-order chi connectivity index (χ0) is 22.2. The van der Waals surface area contributed by atoms with Crippen molar-refractivity contribution < 1.29 is 27.5 Å². The summed E-state index contributed by atoms with van der Waals surface area (Å²) < 4.78 is 38.1. The smallest absolute Gasteiger partial charge is 0.262 e. The maximum Gasteiger partial charge on any atom is 0.262 e. The van der Waals surface area contributed by atoms with Crippen LogP contribution in [0.25, 0.3) is 0 Å². The fourth-order valence-electron chi connectivity index (χ4n) is 3.62. The van der Waals surface area contributed by atoms with E-state index >= 15 is 0 Å². The number of halogens is 1. The number of carbonyl (C=O) groups is 2. The van der Waals surface area contributed by atoms with Gasteiger partial charge in [0.2, 0.25) is 15.9 Å². The van der Waals surface area contributed by atoms with Crippen LogP contribution in [-0.4, -0.2) is 50.8 Å². The van der Waals surface area contributed by atoms with Gasteiger partial charge in [0.1, 0.15) is 17.5 Å². The van der Waals surface area contributed by atoms with E-state index in [9.17, 15) is 18.0 Å². The highest BCUT2D eigenvalue weighted by Gasteiger charge is 2.40. The molecule has 4 rings (SSSR count). The van der Waals surface area contributed by atoms with Crippen molar-refractivity contribution in [3.05, 3.63) is 41.4 Å². The third-order valence-corrected chi connectivity index (χ3v) is 7.32. The van der Waals surface area contributed by atoms with Gasteiger partial charge in [0.05, 0.1) is 22.7 Å². The number of ether oxygens (including phenoxy) is 2. The van der Waals surface area contributed by atoms with Crippen LogP contribution < -0.4 is 20.1 Å². The van der Waals surface area contributed by atoms with E-state index in [1.165, 1.54) is 35.7 Å². The van der Waals surface area contributed by atoms with E-state index in [0.29, 0.717) is 35.1 Å². The number of benzene rings is 2. The average Bonchev–Trinajstić information content (AvgIpc) is 3.24. The first-order chi connectivity index (χ1) is 14.8. The van der Waals surface area contributed by atoms with Gasteiger partial charge in [-0.25, -0.2) is 8.42 Å². The molecule has 0 saturated carbocycles. The largest absolute Gasteiger partial charge is 0.495 e. The van der Waals surface area contributed by atoms with Crippen molar-refractivity contribution in [2.24, 2.45) is 0 Å². The van der Waals surface area contributed by atoms with E-state index in [-0.39, 0.29) is 29.6 Å². The second kappa shape index (κ2) is 8.37. The van der Waals surface area contributed by atoms with Gasteiger partial charge in [-0.3, -0.25) is 9.59 Å². The maximum absolute atomic E-state index is 13.3. The van der Waals surface area contributed by atoms with Crippen LogP contribution >= 0.6 is 11.6 Å². The topological polar surface area (TPSA) is 114 Å². The van der Waals surface area contributed by atoms with Crippen LogP contribution in [0.5, 0.6) is 11.5 Å². The van der Waals surface area contributed by atoms with E-state index in [4.69, 9.17) is 21.1 Å². The molecule has 0 radical (unpaired) electrons. The fraction of sp³-hybridized carbons (Fsp3) is 0.300. The number of methoxy groups -OCH3 is 1. The summed E-state index contributed by atoms with van der Waals surface area (Å²) >= 11 is 6.10. The van der Waals surface area contributed by atoms with Gasteiger partial charge in [0.15, 0.2) is 6.61 Å². The molecule has 1 saturated heterocycles. The molecule has 31 heavy (non-hydrogen) atoms. The quantitative estimate of drug-likeness (QED) is 0.701. The monoisotopic (exact) mass is 465 g/mol. The summed E-state index contributed by atoms with van der Waals surface area (Å²) in [6, 6.07) is 8.16. The van der Waals surface area contributed by atoms with E-state index in [1.54, 1.807) is 12.1 Å². The van der Waals surface area contributed by atoms with Crippen molar-refractivity contribution in [1.29, 1.82) is 0 Å². The van der Waals surface area contributed by atoms with Crippen molar-refractivity contribution in [2.75, 3.05) is 30.9 Å². The molecule has 0 spiro atoms. The molecule has 2 aromatic carbocycles. The molecule has 0 bridgehead atoms. The van der Waals surface area contributed by atoms with Gasteiger partial charge in [-0.15, -0.1) is 0 Å². The third-order valence-electron chi connectivity index (χ3n) is 5.12. The van der Waals surface area contributed by atoms with Gasteiger partial charge in [0.25, 0.3) is 5.91 Å². The van der Waals surface area contributed by atoms with Crippen LogP contribution in [0, 0.1) is 0 Å². The van der Waals surface area contributed by atoms with Crippen LogP contribution in [0.2, 0.25) is 5.02 Å². The SMILES string of the molecule is COc1ccc(NC(=O)[C@H]2CCCN2S(=O)(=O)c2ccc3c(c2)NC(=O)CO3)cc1Cl. The molecule has 0 unspecified atom stereocenters. The molecule has 1 atom stereocenters. The Morgan fingerprint density at radius 1 is 1.29 bits per heavy atom. The number of nitrogens with one attached hydrogen (secondary N) is 2. The highest BCUT2D eigenvalue weighted by atomic mass is 35.5. The first-order valence-electron chi connectivity index (χ1n) is 9.52. The van der Waals surface area contributed by atoms with E-state index in [0.717, 1.165) is 0 Å². The maximum atomic E-state index is 13.3. The summed E-state index contributed by atoms with van der Waals surface area (Å²) in [5, 5.41) is 5.65. The second-order valence-corrected chi connectivity index (χ2v) is 9.40. The molecule has 2 aliphatic rings. The molecule has 2 aliphatic heterocycles. The molecule has 2 amide bonds. The summed E-state index contributed by atoms with van der Waals surface area (Å²) in [5.41, 5.74) is 0.721. The fourth-order valence-corrected chi connectivity index (χ4v) is 5.56.